The molecule has 0 unspecified atom stereocenters. The molecule has 8 heteroatoms. The molecule has 1 amide bonds. The largest absolute Gasteiger partial charge is 0.343 e. The van der Waals surface area contributed by atoms with E-state index in [1.807, 2.05) is 0 Å². The van der Waals surface area contributed by atoms with Gasteiger partial charge in [-0.1, -0.05) is 5.16 Å². The molecular weight excluding hydrogens is 287 g/mol. The second-order valence-electron chi connectivity index (χ2n) is 4.75. The van der Waals surface area contributed by atoms with Crippen LogP contribution in [0.5, 0.6) is 0 Å². The third-order valence-corrected chi connectivity index (χ3v) is 3.48. The molecule has 1 aliphatic heterocycles. The highest BCUT2D eigenvalue weighted by molar-refractivity contribution is 5.94. The molecule has 1 atom stereocenters. The van der Waals surface area contributed by atoms with E-state index in [9.17, 15) is 18.0 Å². The first-order valence-corrected chi connectivity index (χ1v) is 6.27. The molecule has 1 aromatic carbocycles. The molecule has 3 rings (SSSR count). The van der Waals surface area contributed by atoms with E-state index < -0.39 is 28.9 Å². The fourth-order valence-corrected chi connectivity index (χ4v) is 2.38. The van der Waals surface area contributed by atoms with Gasteiger partial charge < -0.3 is 9.42 Å². The summed E-state index contributed by atoms with van der Waals surface area (Å²) in [5, 5.41) is 3.70. The summed E-state index contributed by atoms with van der Waals surface area (Å²) in [7, 11) is 0. The molecule has 1 aromatic heterocycles. The van der Waals surface area contributed by atoms with Crippen LogP contribution in [0.25, 0.3) is 0 Å². The Bertz CT molecular complexity index is 676. The number of carbonyl (C=O) groups excluding carboxylic acids is 1. The standard InChI is InChI=1S/C13H10F3N3O2/c14-9-2-1-8(10(15)11(9)16)13(20)19-4-3-7(5-19)12-17-6-21-18-12/h1-2,6-7H,3-5H2/t7-/m0/s1. The van der Waals surface area contributed by atoms with Gasteiger partial charge in [0.15, 0.2) is 23.3 Å². The lowest BCUT2D eigenvalue weighted by Gasteiger charge is -2.16. The third kappa shape index (κ3) is 2.37. The number of nitrogens with zero attached hydrogens (tertiary/aromatic N) is 3. The van der Waals surface area contributed by atoms with Gasteiger partial charge in [-0.15, -0.1) is 0 Å². The molecule has 1 aliphatic rings. The molecule has 0 bridgehead atoms. The third-order valence-electron chi connectivity index (χ3n) is 3.48. The monoisotopic (exact) mass is 297 g/mol. The van der Waals surface area contributed by atoms with Crippen LogP contribution in [-0.4, -0.2) is 34.0 Å². The smallest absolute Gasteiger partial charge is 0.256 e. The van der Waals surface area contributed by atoms with Crippen molar-refractivity contribution in [1.82, 2.24) is 15.0 Å². The van der Waals surface area contributed by atoms with Crippen molar-refractivity contribution in [3.8, 4) is 0 Å². The molecule has 1 saturated heterocycles. The highest BCUT2D eigenvalue weighted by atomic mass is 19.2. The number of halogens is 3. The first kappa shape index (κ1) is 13.6. The lowest BCUT2D eigenvalue weighted by molar-refractivity contribution is 0.0784. The first-order chi connectivity index (χ1) is 10.1. The topological polar surface area (TPSA) is 59.2 Å². The molecule has 0 spiro atoms. The number of hydrogen-bond donors (Lipinski definition) is 0. The second kappa shape index (κ2) is 5.19. The molecule has 110 valence electrons. The van der Waals surface area contributed by atoms with Gasteiger partial charge in [-0.3, -0.25) is 4.79 Å². The lowest BCUT2D eigenvalue weighted by Crippen LogP contribution is -2.29. The zero-order valence-electron chi connectivity index (χ0n) is 10.7. The highest BCUT2D eigenvalue weighted by Crippen LogP contribution is 2.26. The van der Waals surface area contributed by atoms with Crippen LogP contribution in [0.2, 0.25) is 0 Å². The Hall–Kier alpha value is -2.38. The van der Waals surface area contributed by atoms with Crippen LogP contribution in [-0.2, 0) is 0 Å². The summed E-state index contributed by atoms with van der Waals surface area (Å²) in [6, 6.07) is 1.68. The van der Waals surface area contributed by atoms with Crippen molar-refractivity contribution in [2.24, 2.45) is 0 Å². The highest BCUT2D eigenvalue weighted by Gasteiger charge is 2.32. The van der Waals surface area contributed by atoms with Crippen molar-refractivity contribution < 1.29 is 22.5 Å². The second-order valence-corrected chi connectivity index (χ2v) is 4.75. The maximum absolute atomic E-state index is 13.6. The molecule has 2 aromatic rings. The van der Waals surface area contributed by atoms with Gasteiger partial charge in [0.25, 0.3) is 5.91 Å². The van der Waals surface area contributed by atoms with E-state index in [0.717, 1.165) is 12.1 Å². The van der Waals surface area contributed by atoms with Crippen LogP contribution in [0.1, 0.15) is 28.5 Å². The van der Waals surface area contributed by atoms with E-state index in [2.05, 4.69) is 14.7 Å². The Balaban J connectivity index is 1.79. The number of hydrogen-bond acceptors (Lipinski definition) is 4. The van der Waals surface area contributed by atoms with Crippen LogP contribution >= 0.6 is 0 Å². The molecule has 1 fully saturated rings. The van der Waals surface area contributed by atoms with Crippen molar-refractivity contribution in [1.29, 1.82) is 0 Å². The maximum atomic E-state index is 13.6. The van der Waals surface area contributed by atoms with Gasteiger partial charge in [-0.25, -0.2) is 13.2 Å². The van der Waals surface area contributed by atoms with E-state index in [1.54, 1.807) is 0 Å². The van der Waals surface area contributed by atoms with Crippen LogP contribution in [0.3, 0.4) is 0 Å². The predicted molar refractivity (Wildman–Crippen MR) is 63.9 cm³/mol. The van der Waals surface area contributed by atoms with Gasteiger partial charge in [-0.05, 0) is 18.6 Å². The predicted octanol–water partition coefficient (Wildman–Crippen LogP) is 2.12. The van der Waals surface area contributed by atoms with Gasteiger partial charge in [-0.2, -0.15) is 4.98 Å². The molecule has 0 N–H and O–H groups in total. The van der Waals surface area contributed by atoms with E-state index in [-0.39, 0.29) is 12.5 Å². The molecule has 0 saturated carbocycles. The average molecular weight is 297 g/mol. The van der Waals surface area contributed by atoms with E-state index in [1.165, 1.54) is 11.3 Å². The Morgan fingerprint density at radius 3 is 2.81 bits per heavy atom. The zero-order chi connectivity index (χ0) is 15.0. The Morgan fingerprint density at radius 2 is 2.10 bits per heavy atom. The van der Waals surface area contributed by atoms with Crippen molar-refractivity contribution in [2.45, 2.75) is 12.3 Å². The fraction of sp³-hybridized carbons (Fsp3) is 0.308. The minimum Gasteiger partial charge on any atom is -0.343 e. The Morgan fingerprint density at radius 1 is 1.29 bits per heavy atom. The first-order valence-electron chi connectivity index (χ1n) is 6.27. The van der Waals surface area contributed by atoms with E-state index >= 15 is 0 Å². The summed E-state index contributed by atoms with van der Waals surface area (Å²) in [5.74, 6) is -4.76. The Kier molecular flexibility index (Phi) is 3.36. The van der Waals surface area contributed by atoms with Crippen molar-refractivity contribution in [3.05, 3.63) is 47.4 Å². The van der Waals surface area contributed by atoms with Crippen LogP contribution in [0.4, 0.5) is 13.2 Å². The van der Waals surface area contributed by atoms with E-state index in [0.29, 0.717) is 18.8 Å². The summed E-state index contributed by atoms with van der Waals surface area (Å²) in [5.41, 5.74) is -0.484. The minimum atomic E-state index is -1.64. The van der Waals surface area contributed by atoms with Crippen molar-refractivity contribution >= 4 is 5.91 Å². The van der Waals surface area contributed by atoms with Gasteiger partial charge >= 0.3 is 0 Å². The van der Waals surface area contributed by atoms with E-state index in [4.69, 9.17) is 0 Å². The van der Waals surface area contributed by atoms with Crippen LogP contribution in [0, 0.1) is 17.5 Å². The van der Waals surface area contributed by atoms with Crippen LogP contribution < -0.4 is 0 Å². The fourth-order valence-electron chi connectivity index (χ4n) is 2.38. The van der Waals surface area contributed by atoms with Gasteiger partial charge in [0.2, 0.25) is 6.39 Å². The number of likely N-dealkylation sites (tertiary alicyclic amines) is 1. The number of aromatic nitrogens is 2. The maximum Gasteiger partial charge on any atom is 0.256 e. The number of rotatable bonds is 2. The molecule has 0 radical (unpaired) electrons. The molecule has 5 nitrogen and oxygen atoms in total. The minimum absolute atomic E-state index is 0.110. The molecule has 0 aliphatic carbocycles. The van der Waals surface area contributed by atoms with Gasteiger partial charge in [0, 0.05) is 19.0 Å². The summed E-state index contributed by atoms with van der Waals surface area (Å²) in [6.45, 7) is 0.632. The number of benzene rings is 1. The number of carbonyl (C=O) groups is 1. The summed E-state index contributed by atoms with van der Waals surface area (Å²) < 4.78 is 44.3. The lowest BCUT2D eigenvalue weighted by atomic mass is 10.1. The summed E-state index contributed by atoms with van der Waals surface area (Å²) in [6.07, 6.45) is 1.78. The normalized spacial score (nSPS) is 18.2. The molecular formula is C13H10F3N3O2. The molecule has 21 heavy (non-hydrogen) atoms. The zero-order valence-corrected chi connectivity index (χ0v) is 10.7. The van der Waals surface area contributed by atoms with Crippen LogP contribution in [0.15, 0.2) is 23.0 Å². The Labute approximate surface area is 117 Å². The SMILES string of the molecule is O=C(c1ccc(F)c(F)c1F)N1CC[C@H](c2ncon2)C1. The molecule has 2 heterocycles. The quantitative estimate of drug-likeness (QED) is 0.797. The van der Waals surface area contributed by atoms with Gasteiger partial charge in [0.1, 0.15) is 0 Å². The average Bonchev–Trinajstić information content (AvgIpc) is 3.14. The van der Waals surface area contributed by atoms with Crippen molar-refractivity contribution in [2.75, 3.05) is 13.1 Å². The summed E-state index contributed by atoms with van der Waals surface area (Å²) >= 11 is 0. The number of amides is 1. The van der Waals surface area contributed by atoms with Crippen molar-refractivity contribution in [3.63, 3.8) is 0 Å². The summed E-state index contributed by atoms with van der Waals surface area (Å²) in [4.78, 5) is 17.4. The van der Waals surface area contributed by atoms with Gasteiger partial charge in [0.05, 0.1) is 5.56 Å².